The molecule has 0 saturated heterocycles. The van der Waals surface area contributed by atoms with Crippen LogP contribution in [0.25, 0.3) is 11.4 Å². The maximum Gasteiger partial charge on any atom is 0.349 e. The molecule has 0 spiro atoms. The second-order valence-electron chi connectivity index (χ2n) is 6.15. The minimum Gasteiger partial charge on any atom is -0.434 e. The first-order valence-electron chi connectivity index (χ1n) is 8.35. The average molecular weight is 430 g/mol. The highest BCUT2D eigenvalue weighted by molar-refractivity contribution is 6.37. The number of H-pyrrole nitrogens is 1. The Morgan fingerprint density at radius 3 is 2.45 bits per heavy atom. The molecule has 0 saturated carbocycles. The number of rotatable bonds is 2. The molecule has 0 unspecified atom stereocenters. The third kappa shape index (κ3) is 3.43. The number of hydrogen-bond acceptors (Lipinski definition) is 6. The van der Waals surface area contributed by atoms with Crippen LogP contribution in [0.2, 0.25) is 10.0 Å². The number of benzene rings is 2. The number of halogens is 2. The van der Waals surface area contributed by atoms with E-state index < -0.39 is 11.2 Å². The molecule has 1 aliphatic heterocycles. The van der Waals surface area contributed by atoms with Crippen molar-refractivity contribution >= 4 is 34.8 Å². The number of aromatic amines is 1. The molecular formula is C19H13Cl2N5O3. The van der Waals surface area contributed by atoms with Crippen LogP contribution in [0.3, 0.4) is 0 Å². The van der Waals surface area contributed by atoms with Crippen molar-refractivity contribution in [2.24, 2.45) is 5.10 Å². The van der Waals surface area contributed by atoms with Gasteiger partial charge < -0.3 is 4.74 Å². The summed E-state index contributed by atoms with van der Waals surface area (Å²) in [6.07, 6.45) is 0. The summed E-state index contributed by atoms with van der Waals surface area (Å²) in [7, 11) is 0. The monoisotopic (exact) mass is 429 g/mol. The minimum absolute atomic E-state index is 0.122. The van der Waals surface area contributed by atoms with E-state index >= 15 is 0 Å². The van der Waals surface area contributed by atoms with Gasteiger partial charge in [0.15, 0.2) is 5.75 Å². The first kappa shape index (κ1) is 19.0. The molecule has 0 radical (unpaired) electrons. The Bertz CT molecular complexity index is 1290. The van der Waals surface area contributed by atoms with Crippen molar-refractivity contribution in [2.75, 3.05) is 0 Å². The molecule has 29 heavy (non-hydrogen) atoms. The van der Waals surface area contributed by atoms with E-state index in [2.05, 4.69) is 27.2 Å². The molecule has 0 bridgehead atoms. The molecule has 0 atom stereocenters. The highest BCUT2D eigenvalue weighted by Crippen LogP contribution is 2.36. The van der Waals surface area contributed by atoms with E-state index in [0.717, 1.165) is 15.8 Å². The summed E-state index contributed by atoms with van der Waals surface area (Å²) in [5.74, 6) is 0.425. The van der Waals surface area contributed by atoms with Gasteiger partial charge in [-0.05, 0) is 25.1 Å². The quantitative estimate of drug-likeness (QED) is 0.651. The maximum absolute atomic E-state index is 12.1. The van der Waals surface area contributed by atoms with Crippen molar-refractivity contribution in [3.05, 3.63) is 90.7 Å². The van der Waals surface area contributed by atoms with Gasteiger partial charge in [-0.25, -0.2) is 4.79 Å². The number of aromatic nitrogens is 3. The van der Waals surface area contributed by atoms with Crippen LogP contribution >= 0.6 is 23.2 Å². The third-order valence-corrected chi connectivity index (χ3v) is 4.75. The molecule has 0 fully saturated rings. The number of nitrogens with one attached hydrogen (secondary N) is 2. The molecule has 8 nitrogen and oxygen atoms in total. The molecule has 0 amide bonds. The zero-order valence-electron chi connectivity index (χ0n) is 15.0. The lowest BCUT2D eigenvalue weighted by Crippen LogP contribution is -2.32. The fourth-order valence-electron chi connectivity index (χ4n) is 2.77. The Labute approximate surface area is 174 Å². The molecule has 2 N–H and O–H groups in total. The van der Waals surface area contributed by atoms with Gasteiger partial charge >= 0.3 is 5.69 Å². The molecule has 146 valence electrons. The number of nitrogens with zero attached hydrogens (tertiary/aromatic N) is 3. The molecule has 1 aromatic heterocycles. The fourth-order valence-corrected chi connectivity index (χ4v) is 3.32. The minimum atomic E-state index is -0.713. The van der Waals surface area contributed by atoms with Crippen molar-refractivity contribution in [2.45, 2.75) is 6.92 Å². The van der Waals surface area contributed by atoms with E-state index in [1.807, 2.05) is 24.3 Å². The lowest BCUT2D eigenvalue weighted by Gasteiger charge is -2.20. The van der Waals surface area contributed by atoms with Crippen molar-refractivity contribution in [1.82, 2.24) is 20.2 Å². The average Bonchev–Trinajstić information content (AvgIpc) is 2.69. The number of fused-ring (bicyclic) bond motifs is 1. The van der Waals surface area contributed by atoms with E-state index in [9.17, 15) is 9.59 Å². The van der Waals surface area contributed by atoms with E-state index in [4.69, 9.17) is 27.9 Å². The summed E-state index contributed by atoms with van der Waals surface area (Å²) in [6, 6.07) is 10.3. The lowest BCUT2D eigenvalue weighted by molar-refractivity contribution is 0.543. The lowest BCUT2D eigenvalue weighted by atomic mass is 10.0. The molecule has 1 aliphatic rings. The summed E-state index contributed by atoms with van der Waals surface area (Å²) in [5, 5.41) is 8.40. The molecule has 2 aromatic carbocycles. The maximum atomic E-state index is 12.1. The van der Waals surface area contributed by atoms with Crippen molar-refractivity contribution < 1.29 is 4.74 Å². The Balaban J connectivity index is 1.75. The van der Waals surface area contributed by atoms with Crippen LogP contribution in [0, 0.1) is 6.92 Å². The van der Waals surface area contributed by atoms with Gasteiger partial charge in [0.2, 0.25) is 5.90 Å². The van der Waals surface area contributed by atoms with Crippen molar-refractivity contribution in [3.8, 4) is 11.4 Å². The van der Waals surface area contributed by atoms with E-state index in [1.54, 1.807) is 0 Å². The highest BCUT2D eigenvalue weighted by Gasteiger charge is 2.21. The van der Waals surface area contributed by atoms with Gasteiger partial charge in [-0.2, -0.15) is 9.78 Å². The first-order chi connectivity index (χ1) is 13.8. The van der Waals surface area contributed by atoms with Crippen molar-refractivity contribution in [1.29, 1.82) is 0 Å². The smallest absolute Gasteiger partial charge is 0.349 e. The Morgan fingerprint density at radius 2 is 1.76 bits per heavy atom. The number of aryl methyl sites for hydroxylation is 1. The summed E-state index contributed by atoms with van der Waals surface area (Å²) in [5.41, 5.74) is 4.11. The standard InChI is InChI=1S/C19H13Cl2N5O3/c1-9-12-5-3-4-6-13(12)18(24-23-9)29-16-14(20)7-11(8-15(16)21)26-19(28)22-17(27)10(2)25-26/h3-8,23H,1H2,2H3,(H,22,27,28). The third-order valence-electron chi connectivity index (χ3n) is 4.19. The van der Waals surface area contributed by atoms with Gasteiger partial charge in [0.05, 0.1) is 21.4 Å². The molecule has 4 rings (SSSR count). The van der Waals surface area contributed by atoms with Gasteiger partial charge in [0, 0.05) is 11.1 Å². The largest absolute Gasteiger partial charge is 0.434 e. The van der Waals surface area contributed by atoms with Gasteiger partial charge in [-0.1, -0.05) is 48.0 Å². The predicted molar refractivity (Wildman–Crippen MR) is 111 cm³/mol. The van der Waals surface area contributed by atoms with Crippen LogP contribution in [-0.2, 0) is 0 Å². The molecule has 3 aromatic rings. The summed E-state index contributed by atoms with van der Waals surface area (Å²) in [4.78, 5) is 25.8. The van der Waals surface area contributed by atoms with Gasteiger partial charge in [-0.3, -0.25) is 15.2 Å². The molecule has 2 heterocycles. The normalized spacial score (nSPS) is 12.8. The van der Waals surface area contributed by atoms with Crippen molar-refractivity contribution in [3.63, 3.8) is 0 Å². The van der Waals surface area contributed by atoms with Crippen LogP contribution in [0.5, 0.6) is 5.75 Å². The second kappa shape index (κ2) is 7.23. The van der Waals surface area contributed by atoms with Gasteiger partial charge in [0.1, 0.15) is 5.69 Å². The first-order valence-corrected chi connectivity index (χ1v) is 9.10. The second-order valence-corrected chi connectivity index (χ2v) is 6.96. The highest BCUT2D eigenvalue weighted by atomic mass is 35.5. The Kier molecular flexibility index (Phi) is 4.73. The Hall–Kier alpha value is -3.36. The van der Waals surface area contributed by atoms with E-state index in [1.165, 1.54) is 19.1 Å². The number of hydrazone groups is 1. The van der Waals surface area contributed by atoms with E-state index in [0.29, 0.717) is 5.70 Å². The molecular weight excluding hydrogens is 417 g/mol. The van der Waals surface area contributed by atoms with Crippen LogP contribution in [-0.4, -0.2) is 20.7 Å². The van der Waals surface area contributed by atoms with Crippen LogP contribution in [0.4, 0.5) is 0 Å². The van der Waals surface area contributed by atoms with E-state index in [-0.39, 0.29) is 33.1 Å². The van der Waals surface area contributed by atoms with Gasteiger partial charge in [-0.15, -0.1) is 5.10 Å². The van der Waals surface area contributed by atoms with Gasteiger partial charge in [0.25, 0.3) is 5.56 Å². The zero-order chi connectivity index (χ0) is 20.7. The summed E-state index contributed by atoms with van der Waals surface area (Å²) < 4.78 is 6.87. The summed E-state index contributed by atoms with van der Waals surface area (Å²) in [6.45, 7) is 5.39. The fraction of sp³-hybridized carbons (Fsp3) is 0.0526. The molecule has 0 aliphatic carbocycles. The Morgan fingerprint density at radius 1 is 1.10 bits per heavy atom. The van der Waals surface area contributed by atoms with Crippen LogP contribution in [0.1, 0.15) is 16.8 Å². The van der Waals surface area contributed by atoms with Crippen LogP contribution < -0.4 is 21.4 Å². The number of hydrogen-bond donors (Lipinski definition) is 2. The molecule has 10 heteroatoms. The summed E-state index contributed by atoms with van der Waals surface area (Å²) >= 11 is 12.7. The SMILES string of the molecule is C=C1NN=C(Oc2c(Cl)cc(-n3nc(C)c(=O)[nH]c3=O)cc2Cl)c2ccccc21. The predicted octanol–water partition coefficient (Wildman–Crippen LogP) is 2.85. The van der Waals surface area contributed by atoms with Crippen LogP contribution in [0.15, 0.2) is 57.7 Å². The topological polar surface area (TPSA) is 101 Å². The number of ether oxygens (including phenoxy) is 1. The zero-order valence-corrected chi connectivity index (χ0v) is 16.5.